The molecule has 0 saturated heterocycles. The van der Waals surface area contributed by atoms with Crippen molar-refractivity contribution in [2.24, 2.45) is 0 Å². The summed E-state index contributed by atoms with van der Waals surface area (Å²) in [5, 5.41) is 12.2. The summed E-state index contributed by atoms with van der Waals surface area (Å²) in [6.07, 6.45) is 1.41. The third kappa shape index (κ3) is 3.80. The summed E-state index contributed by atoms with van der Waals surface area (Å²) < 4.78 is 0. The van der Waals surface area contributed by atoms with E-state index in [9.17, 15) is 4.79 Å². The fourth-order valence-electron chi connectivity index (χ4n) is 3.15. The zero-order valence-electron chi connectivity index (χ0n) is 16.3. The largest absolute Gasteiger partial charge is 0.358 e. The van der Waals surface area contributed by atoms with Crippen molar-refractivity contribution >= 4 is 22.5 Å². The number of fused-ring (bicyclic) bond motifs is 1. The topological polar surface area (TPSA) is 78.7 Å². The van der Waals surface area contributed by atoms with Crippen molar-refractivity contribution in [2.45, 2.75) is 6.92 Å². The lowest BCUT2D eigenvalue weighted by Gasteiger charge is -2.13. The number of nitriles is 1. The van der Waals surface area contributed by atoms with E-state index in [-0.39, 0.29) is 11.4 Å². The molecule has 30 heavy (non-hydrogen) atoms. The predicted octanol–water partition coefficient (Wildman–Crippen LogP) is 5.37. The molecule has 3 aromatic carbocycles. The Morgan fingerprint density at radius 2 is 1.47 bits per heavy atom. The molecule has 0 saturated carbocycles. The Labute approximate surface area is 174 Å². The van der Waals surface area contributed by atoms with Crippen LogP contribution >= 0.6 is 0 Å². The van der Waals surface area contributed by atoms with Crippen LogP contribution in [0, 0.1) is 11.3 Å². The average Bonchev–Trinajstić information content (AvgIpc) is 2.79. The summed E-state index contributed by atoms with van der Waals surface area (Å²) in [4.78, 5) is 21.4. The van der Waals surface area contributed by atoms with Gasteiger partial charge in [-0.25, -0.2) is 9.97 Å². The van der Waals surface area contributed by atoms with Gasteiger partial charge in [-0.15, -0.1) is 0 Å². The van der Waals surface area contributed by atoms with Crippen LogP contribution in [0.15, 0.2) is 90.6 Å². The van der Waals surface area contributed by atoms with Gasteiger partial charge in [-0.05, 0) is 19.1 Å². The van der Waals surface area contributed by atoms with Gasteiger partial charge in [0.1, 0.15) is 17.2 Å². The highest BCUT2D eigenvalue weighted by molar-refractivity contribution is 5.98. The van der Waals surface area contributed by atoms with Gasteiger partial charge in [0.2, 0.25) is 0 Å². The van der Waals surface area contributed by atoms with Crippen LogP contribution in [0.4, 0.5) is 5.69 Å². The van der Waals surface area contributed by atoms with Gasteiger partial charge in [0.05, 0.1) is 22.6 Å². The van der Waals surface area contributed by atoms with E-state index < -0.39 is 0 Å². The molecule has 5 heteroatoms. The summed E-state index contributed by atoms with van der Waals surface area (Å²) in [7, 11) is 0. The number of benzene rings is 3. The molecule has 0 aliphatic heterocycles. The lowest BCUT2D eigenvalue weighted by atomic mass is 10.0. The van der Waals surface area contributed by atoms with Gasteiger partial charge in [-0.1, -0.05) is 66.7 Å². The van der Waals surface area contributed by atoms with Crippen LogP contribution in [-0.4, -0.2) is 15.8 Å². The van der Waals surface area contributed by atoms with Crippen molar-refractivity contribution in [2.75, 3.05) is 5.32 Å². The second-order valence-corrected chi connectivity index (χ2v) is 6.70. The van der Waals surface area contributed by atoms with E-state index in [4.69, 9.17) is 15.2 Å². The van der Waals surface area contributed by atoms with Crippen molar-refractivity contribution in [1.29, 1.82) is 5.26 Å². The molecule has 4 rings (SSSR count). The number of anilines is 1. The number of hydrogen-bond acceptors (Lipinski definition) is 5. The molecule has 0 atom stereocenters. The molecule has 0 unspecified atom stereocenters. The highest BCUT2D eigenvalue weighted by Crippen LogP contribution is 2.32. The molecule has 4 aromatic rings. The molecule has 0 aliphatic rings. The van der Waals surface area contributed by atoms with Crippen LogP contribution in [0.2, 0.25) is 0 Å². The number of nitrogens with zero attached hydrogens (tertiary/aromatic N) is 3. The number of Topliss-reactive ketones (excluding diaryl/α,β-unsaturated/α-hetero) is 1. The number of rotatable bonds is 5. The number of aromatic nitrogens is 2. The molecule has 1 aromatic heterocycles. The Morgan fingerprint density at radius 3 is 2.03 bits per heavy atom. The quantitative estimate of drug-likeness (QED) is 0.366. The van der Waals surface area contributed by atoms with Crippen molar-refractivity contribution in [1.82, 2.24) is 9.97 Å². The monoisotopic (exact) mass is 390 g/mol. The standard InChI is InChI=1S/C25H18N4O/c1-17(30)20(15-26)16-27-21-13-8-14-22-25(21)29-24(19-11-6-3-7-12-19)23(28-22)18-9-4-2-5-10-18/h2-14,16,27H,1H3. The minimum absolute atomic E-state index is 0.0455. The van der Waals surface area contributed by atoms with Gasteiger partial charge in [0.25, 0.3) is 0 Å². The molecule has 5 nitrogen and oxygen atoms in total. The lowest BCUT2D eigenvalue weighted by molar-refractivity contribution is -0.113. The van der Waals surface area contributed by atoms with Crippen molar-refractivity contribution in [3.8, 4) is 28.6 Å². The first kappa shape index (κ1) is 19.0. The number of hydrogen-bond donors (Lipinski definition) is 1. The van der Waals surface area contributed by atoms with Crippen LogP contribution in [0.3, 0.4) is 0 Å². The maximum absolute atomic E-state index is 11.5. The molecular weight excluding hydrogens is 372 g/mol. The smallest absolute Gasteiger partial charge is 0.171 e. The Bertz CT molecular complexity index is 1290. The number of carbonyl (C=O) groups excluding carboxylic acids is 1. The second-order valence-electron chi connectivity index (χ2n) is 6.70. The number of para-hydroxylation sites is 1. The van der Waals surface area contributed by atoms with E-state index in [1.807, 2.05) is 84.9 Å². The summed E-state index contributed by atoms with van der Waals surface area (Å²) >= 11 is 0. The molecule has 0 fully saturated rings. The summed E-state index contributed by atoms with van der Waals surface area (Å²) in [6.45, 7) is 1.36. The number of nitrogens with one attached hydrogen (secondary N) is 1. The Morgan fingerprint density at radius 1 is 0.867 bits per heavy atom. The molecule has 0 spiro atoms. The van der Waals surface area contributed by atoms with Crippen molar-refractivity contribution < 1.29 is 4.79 Å². The minimum atomic E-state index is -0.298. The van der Waals surface area contributed by atoms with E-state index >= 15 is 0 Å². The van der Waals surface area contributed by atoms with E-state index in [1.165, 1.54) is 13.1 Å². The van der Waals surface area contributed by atoms with E-state index in [0.717, 1.165) is 22.5 Å². The van der Waals surface area contributed by atoms with Gasteiger partial charge in [0, 0.05) is 17.3 Å². The highest BCUT2D eigenvalue weighted by atomic mass is 16.1. The Kier molecular flexibility index (Phi) is 5.31. The zero-order valence-corrected chi connectivity index (χ0v) is 16.3. The molecule has 0 amide bonds. The molecular formula is C25H18N4O. The van der Waals surface area contributed by atoms with Gasteiger partial charge >= 0.3 is 0 Å². The predicted molar refractivity (Wildman–Crippen MR) is 118 cm³/mol. The van der Waals surface area contributed by atoms with E-state index in [1.54, 1.807) is 0 Å². The lowest BCUT2D eigenvalue weighted by Crippen LogP contribution is -2.01. The molecule has 1 N–H and O–H groups in total. The maximum atomic E-state index is 11.5. The van der Waals surface area contributed by atoms with Crippen LogP contribution < -0.4 is 5.32 Å². The minimum Gasteiger partial charge on any atom is -0.358 e. The summed E-state index contributed by atoms with van der Waals surface area (Å²) in [5.74, 6) is -0.298. The van der Waals surface area contributed by atoms with Crippen LogP contribution in [-0.2, 0) is 4.79 Å². The maximum Gasteiger partial charge on any atom is 0.171 e. The summed E-state index contributed by atoms with van der Waals surface area (Å²) in [5.41, 5.74) is 5.59. The SMILES string of the molecule is CC(=O)C(C#N)=CNc1cccc2nc(-c3ccccc3)c(-c3ccccc3)nc12. The third-order valence-electron chi connectivity index (χ3n) is 4.66. The van der Waals surface area contributed by atoms with Gasteiger partial charge in [-0.3, -0.25) is 4.79 Å². The number of carbonyl (C=O) groups is 1. The Balaban J connectivity index is 1.93. The molecule has 0 bridgehead atoms. The first-order valence-corrected chi connectivity index (χ1v) is 9.46. The third-order valence-corrected chi connectivity index (χ3v) is 4.66. The Hall–Kier alpha value is -4.30. The zero-order chi connectivity index (χ0) is 20.9. The van der Waals surface area contributed by atoms with Crippen molar-refractivity contribution in [3.05, 3.63) is 90.6 Å². The highest BCUT2D eigenvalue weighted by Gasteiger charge is 2.14. The van der Waals surface area contributed by atoms with Crippen LogP contribution in [0.5, 0.6) is 0 Å². The fraction of sp³-hybridized carbons (Fsp3) is 0.0400. The summed E-state index contributed by atoms with van der Waals surface area (Å²) in [6, 6.07) is 27.4. The normalized spacial score (nSPS) is 11.1. The number of allylic oxidation sites excluding steroid dienone is 1. The second kappa shape index (κ2) is 8.38. The van der Waals surface area contributed by atoms with Gasteiger partial charge < -0.3 is 5.32 Å². The van der Waals surface area contributed by atoms with E-state index in [2.05, 4.69) is 5.32 Å². The first-order valence-electron chi connectivity index (χ1n) is 9.46. The molecule has 144 valence electrons. The average molecular weight is 390 g/mol. The van der Waals surface area contributed by atoms with Gasteiger partial charge in [-0.2, -0.15) is 5.26 Å². The van der Waals surface area contributed by atoms with Crippen LogP contribution in [0.1, 0.15) is 6.92 Å². The van der Waals surface area contributed by atoms with E-state index in [0.29, 0.717) is 16.7 Å². The number of ketones is 1. The van der Waals surface area contributed by atoms with Crippen molar-refractivity contribution in [3.63, 3.8) is 0 Å². The first-order chi connectivity index (χ1) is 14.7. The molecule has 1 heterocycles. The van der Waals surface area contributed by atoms with Crippen LogP contribution in [0.25, 0.3) is 33.5 Å². The van der Waals surface area contributed by atoms with Gasteiger partial charge in [0.15, 0.2) is 5.78 Å². The molecule has 0 radical (unpaired) electrons. The fourth-order valence-corrected chi connectivity index (χ4v) is 3.15. The molecule has 0 aliphatic carbocycles.